The van der Waals surface area contributed by atoms with E-state index in [4.69, 9.17) is 4.74 Å². The van der Waals surface area contributed by atoms with Gasteiger partial charge in [-0.15, -0.1) is 0 Å². The molecule has 0 radical (unpaired) electrons. The molecule has 0 amide bonds. The van der Waals surface area contributed by atoms with Crippen molar-refractivity contribution in [2.45, 2.75) is 25.8 Å². The van der Waals surface area contributed by atoms with Crippen LogP contribution in [0.1, 0.15) is 31.4 Å². The lowest BCUT2D eigenvalue weighted by Gasteiger charge is -2.16. The van der Waals surface area contributed by atoms with Crippen LogP contribution >= 0.6 is 0 Å². The molecule has 1 fully saturated rings. The van der Waals surface area contributed by atoms with Crippen molar-refractivity contribution in [1.82, 2.24) is 5.32 Å². The summed E-state index contributed by atoms with van der Waals surface area (Å²) in [6, 6.07) is 5.19. The Kier molecular flexibility index (Phi) is 3.44. The van der Waals surface area contributed by atoms with Gasteiger partial charge >= 0.3 is 0 Å². The Balaban J connectivity index is 2.17. The van der Waals surface area contributed by atoms with E-state index in [0.29, 0.717) is 18.3 Å². The fourth-order valence-electron chi connectivity index (χ4n) is 1.66. The maximum atomic E-state index is 13.7. The summed E-state index contributed by atoms with van der Waals surface area (Å²) in [5, 5.41) is 3.11. The van der Waals surface area contributed by atoms with E-state index in [2.05, 4.69) is 5.32 Å². The third kappa shape index (κ3) is 2.53. The van der Waals surface area contributed by atoms with E-state index in [1.54, 1.807) is 6.07 Å². The molecule has 2 nitrogen and oxygen atoms in total. The number of benzene rings is 1. The predicted octanol–water partition coefficient (Wildman–Crippen LogP) is 2.89. The Bertz CT molecular complexity index is 363. The van der Waals surface area contributed by atoms with Crippen LogP contribution in [0, 0.1) is 11.7 Å². The van der Waals surface area contributed by atoms with E-state index in [-0.39, 0.29) is 11.9 Å². The van der Waals surface area contributed by atoms with E-state index >= 15 is 0 Å². The van der Waals surface area contributed by atoms with Crippen LogP contribution in [0.15, 0.2) is 18.2 Å². The van der Waals surface area contributed by atoms with Gasteiger partial charge in [0, 0.05) is 11.6 Å². The smallest absolute Gasteiger partial charge is 0.165 e. The van der Waals surface area contributed by atoms with Crippen LogP contribution in [-0.4, -0.2) is 13.7 Å². The maximum absolute atomic E-state index is 13.7. The molecule has 0 heterocycles. The van der Waals surface area contributed by atoms with Crippen molar-refractivity contribution in [3.05, 3.63) is 29.6 Å². The zero-order valence-electron chi connectivity index (χ0n) is 9.79. The van der Waals surface area contributed by atoms with Gasteiger partial charge in [-0.3, -0.25) is 0 Å². The molecule has 0 saturated heterocycles. The molecule has 2 rings (SSSR count). The van der Waals surface area contributed by atoms with Gasteiger partial charge < -0.3 is 10.1 Å². The average Bonchev–Trinajstić information content (AvgIpc) is 3.10. The van der Waals surface area contributed by atoms with Crippen LogP contribution in [0.5, 0.6) is 5.75 Å². The van der Waals surface area contributed by atoms with Gasteiger partial charge in [0.2, 0.25) is 0 Å². The van der Waals surface area contributed by atoms with Crippen LogP contribution in [0.2, 0.25) is 0 Å². The summed E-state index contributed by atoms with van der Waals surface area (Å²) in [6.07, 6.45) is 2.43. The Labute approximate surface area is 95.8 Å². The molecule has 3 heteroatoms. The van der Waals surface area contributed by atoms with Crippen LogP contribution < -0.4 is 10.1 Å². The van der Waals surface area contributed by atoms with E-state index in [9.17, 15) is 4.39 Å². The molecule has 1 unspecified atom stereocenters. The first kappa shape index (κ1) is 11.4. The van der Waals surface area contributed by atoms with Crippen LogP contribution in [-0.2, 0) is 0 Å². The highest BCUT2D eigenvalue weighted by atomic mass is 19.1. The van der Waals surface area contributed by atoms with Crippen molar-refractivity contribution in [2.75, 3.05) is 13.7 Å². The molecule has 1 aliphatic rings. The minimum Gasteiger partial charge on any atom is -0.490 e. The standard InChI is InChI=1S/C13H18FNO/c1-9(15-2)11-4-3-5-12(14)13(11)16-8-10-6-7-10/h3-5,9-10,15H,6-8H2,1-2H3. The van der Waals surface area contributed by atoms with E-state index in [0.717, 1.165) is 5.56 Å². The van der Waals surface area contributed by atoms with Crippen molar-refractivity contribution in [3.63, 3.8) is 0 Å². The highest BCUT2D eigenvalue weighted by Crippen LogP contribution is 2.33. The van der Waals surface area contributed by atoms with Gasteiger partial charge in [0.15, 0.2) is 11.6 Å². The topological polar surface area (TPSA) is 21.3 Å². The second-order valence-electron chi connectivity index (χ2n) is 4.42. The largest absolute Gasteiger partial charge is 0.490 e. The molecule has 1 saturated carbocycles. The summed E-state index contributed by atoms with van der Waals surface area (Å²) in [4.78, 5) is 0. The summed E-state index contributed by atoms with van der Waals surface area (Å²) < 4.78 is 19.3. The first-order chi connectivity index (χ1) is 7.72. The first-order valence-electron chi connectivity index (χ1n) is 5.81. The molecule has 16 heavy (non-hydrogen) atoms. The number of hydrogen-bond acceptors (Lipinski definition) is 2. The summed E-state index contributed by atoms with van der Waals surface area (Å²) in [7, 11) is 1.86. The number of para-hydroxylation sites is 1. The van der Waals surface area contributed by atoms with Gasteiger partial charge in [0.05, 0.1) is 6.61 Å². The fraction of sp³-hybridized carbons (Fsp3) is 0.538. The normalized spacial score (nSPS) is 17.2. The summed E-state index contributed by atoms with van der Waals surface area (Å²) in [5.74, 6) is 0.786. The van der Waals surface area contributed by atoms with E-state index in [1.165, 1.54) is 18.9 Å². The Morgan fingerprint density at radius 3 is 2.88 bits per heavy atom. The van der Waals surface area contributed by atoms with E-state index < -0.39 is 0 Å². The molecular weight excluding hydrogens is 205 g/mol. The molecule has 0 spiro atoms. The number of rotatable bonds is 5. The second-order valence-corrected chi connectivity index (χ2v) is 4.42. The number of hydrogen-bond donors (Lipinski definition) is 1. The third-order valence-corrected chi connectivity index (χ3v) is 3.06. The lowest BCUT2D eigenvalue weighted by molar-refractivity contribution is 0.280. The summed E-state index contributed by atoms with van der Waals surface area (Å²) >= 11 is 0. The van der Waals surface area contributed by atoms with Gasteiger partial charge in [-0.25, -0.2) is 4.39 Å². The van der Waals surface area contributed by atoms with Crippen molar-refractivity contribution in [1.29, 1.82) is 0 Å². The molecule has 88 valence electrons. The van der Waals surface area contributed by atoms with Crippen LogP contribution in [0.4, 0.5) is 4.39 Å². The zero-order chi connectivity index (χ0) is 11.5. The van der Waals surface area contributed by atoms with E-state index in [1.807, 2.05) is 20.0 Å². The molecule has 1 atom stereocenters. The molecular formula is C13H18FNO. The quantitative estimate of drug-likeness (QED) is 0.828. The summed E-state index contributed by atoms with van der Waals surface area (Å²) in [6.45, 7) is 2.64. The lowest BCUT2D eigenvalue weighted by atomic mass is 10.1. The van der Waals surface area contributed by atoms with Crippen LogP contribution in [0.25, 0.3) is 0 Å². The highest BCUT2D eigenvalue weighted by Gasteiger charge is 2.23. The van der Waals surface area contributed by atoms with Gasteiger partial charge in [-0.1, -0.05) is 12.1 Å². The zero-order valence-corrected chi connectivity index (χ0v) is 9.79. The van der Waals surface area contributed by atoms with Crippen molar-refractivity contribution in [3.8, 4) is 5.75 Å². The molecule has 1 N–H and O–H groups in total. The van der Waals surface area contributed by atoms with Crippen molar-refractivity contribution >= 4 is 0 Å². The Hall–Kier alpha value is -1.09. The minimum atomic E-state index is -0.264. The molecule has 0 aliphatic heterocycles. The number of ether oxygens (including phenoxy) is 1. The van der Waals surface area contributed by atoms with Gasteiger partial charge in [-0.2, -0.15) is 0 Å². The highest BCUT2D eigenvalue weighted by molar-refractivity contribution is 5.37. The maximum Gasteiger partial charge on any atom is 0.165 e. The minimum absolute atomic E-state index is 0.102. The number of halogens is 1. The van der Waals surface area contributed by atoms with Gasteiger partial charge in [-0.05, 0) is 38.8 Å². The Morgan fingerprint density at radius 1 is 1.50 bits per heavy atom. The number of nitrogens with one attached hydrogen (secondary N) is 1. The molecule has 0 aromatic heterocycles. The van der Waals surface area contributed by atoms with Crippen molar-refractivity contribution < 1.29 is 9.13 Å². The lowest BCUT2D eigenvalue weighted by Crippen LogP contribution is -2.15. The van der Waals surface area contributed by atoms with Gasteiger partial charge in [0.25, 0.3) is 0 Å². The third-order valence-electron chi connectivity index (χ3n) is 3.06. The predicted molar refractivity (Wildman–Crippen MR) is 62.1 cm³/mol. The Morgan fingerprint density at radius 2 is 2.25 bits per heavy atom. The molecule has 1 aliphatic carbocycles. The first-order valence-corrected chi connectivity index (χ1v) is 5.81. The molecule has 1 aromatic rings. The SMILES string of the molecule is CNC(C)c1cccc(F)c1OCC1CC1. The van der Waals surface area contributed by atoms with Gasteiger partial charge in [0.1, 0.15) is 0 Å². The summed E-state index contributed by atoms with van der Waals surface area (Å²) in [5.41, 5.74) is 0.892. The average molecular weight is 223 g/mol. The van der Waals surface area contributed by atoms with Crippen LogP contribution in [0.3, 0.4) is 0 Å². The monoisotopic (exact) mass is 223 g/mol. The second kappa shape index (κ2) is 4.83. The fourth-order valence-corrected chi connectivity index (χ4v) is 1.66. The van der Waals surface area contributed by atoms with Crippen molar-refractivity contribution in [2.24, 2.45) is 5.92 Å². The molecule has 0 bridgehead atoms. The molecule has 1 aromatic carbocycles.